The molecule has 0 aliphatic carbocycles. The van der Waals surface area contributed by atoms with Crippen molar-refractivity contribution in [2.24, 2.45) is 5.73 Å². The minimum Gasteiger partial charge on any atom is -0.444 e. The van der Waals surface area contributed by atoms with Crippen LogP contribution in [0.5, 0.6) is 0 Å². The Kier molecular flexibility index (Phi) is 12.0. The first-order valence-corrected chi connectivity index (χ1v) is 19.2. The first kappa shape index (κ1) is 39.5. The van der Waals surface area contributed by atoms with Crippen molar-refractivity contribution >= 4 is 39.3 Å². The fourth-order valence-electron chi connectivity index (χ4n) is 6.84. The third-order valence-electron chi connectivity index (χ3n) is 9.30. The molecule has 3 aromatic rings. The van der Waals surface area contributed by atoms with Crippen LogP contribution in [0.2, 0.25) is 5.02 Å². The van der Waals surface area contributed by atoms with Crippen LogP contribution < -0.4 is 11.1 Å². The van der Waals surface area contributed by atoms with Gasteiger partial charge in [0.15, 0.2) is 0 Å². The van der Waals surface area contributed by atoms with Gasteiger partial charge in [0.1, 0.15) is 23.1 Å². The monoisotopic (exact) mass is 764 g/mol. The number of hydrogen-bond donors (Lipinski definition) is 2. The van der Waals surface area contributed by atoms with Gasteiger partial charge in [0.25, 0.3) is 0 Å². The molecule has 2 amide bonds. The van der Waals surface area contributed by atoms with E-state index in [-0.39, 0.29) is 55.8 Å². The number of carbonyl (C=O) groups excluding carboxylic acids is 2. The van der Waals surface area contributed by atoms with Crippen LogP contribution in [0.15, 0.2) is 60.7 Å². The number of carbonyl (C=O) groups is 2. The Hall–Kier alpha value is -3.69. The van der Waals surface area contributed by atoms with Crippen molar-refractivity contribution < 1.29 is 40.7 Å². The number of hydrogen-bond acceptors (Lipinski definition) is 7. The summed E-state index contributed by atoms with van der Waals surface area (Å²) < 4.78 is 82.2. The number of nitrogens with one attached hydrogen (secondary N) is 1. The Balaban J connectivity index is 1.36. The minimum atomic E-state index is -3.41. The molecule has 282 valence electrons. The Morgan fingerprint density at radius 3 is 2.27 bits per heavy atom. The molecule has 3 aromatic carbocycles. The Morgan fingerprint density at radius 1 is 1.04 bits per heavy atom. The van der Waals surface area contributed by atoms with E-state index in [0.29, 0.717) is 23.4 Å². The first-order chi connectivity index (χ1) is 24.3. The fourth-order valence-corrected chi connectivity index (χ4v) is 7.81. The summed E-state index contributed by atoms with van der Waals surface area (Å²) in [5, 5.41) is 3.14. The molecule has 2 aliphatic heterocycles. The highest BCUT2D eigenvalue weighted by Gasteiger charge is 2.46. The number of nitrogens with two attached hydrogens (primary N) is 1. The molecule has 2 heterocycles. The summed E-state index contributed by atoms with van der Waals surface area (Å²) in [5.41, 5.74) is 5.83. The van der Waals surface area contributed by atoms with Gasteiger partial charge in [0, 0.05) is 41.3 Å². The number of piperidine rings is 1. The van der Waals surface area contributed by atoms with E-state index in [1.165, 1.54) is 22.5 Å². The number of rotatable bonds is 9. The second-order valence-electron chi connectivity index (χ2n) is 14.5. The molecular formula is C37H44ClF3N4O6S. The zero-order valence-electron chi connectivity index (χ0n) is 29.5. The molecule has 3 N–H and O–H groups in total. The van der Waals surface area contributed by atoms with E-state index in [2.05, 4.69) is 5.32 Å². The molecule has 15 heteroatoms. The first-order valence-electron chi connectivity index (χ1n) is 17.0. The van der Waals surface area contributed by atoms with Crippen molar-refractivity contribution in [1.82, 2.24) is 9.21 Å². The van der Waals surface area contributed by atoms with Gasteiger partial charge in [-0.05, 0) is 94.0 Å². The predicted molar refractivity (Wildman–Crippen MR) is 192 cm³/mol. The lowest BCUT2D eigenvalue weighted by Crippen LogP contribution is -2.61. The van der Waals surface area contributed by atoms with Gasteiger partial charge in [0.2, 0.25) is 15.9 Å². The fraction of sp³-hybridized carbons (Fsp3) is 0.459. The summed E-state index contributed by atoms with van der Waals surface area (Å²) in [6, 6.07) is 12.2. The summed E-state index contributed by atoms with van der Waals surface area (Å²) >= 11 is 6.07. The summed E-state index contributed by atoms with van der Waals surface area (Å²) in [6.45, 7) is 6.08. The molecule has 52 heavy (non-hydrogen) atoms. The molecule has 2 saturated heterocycles. The molecule has 3 atom stereocenters. The number of amides is 2. The van der Waals surface area contributed by atoms with Crippen LogP contribution in [-0.4, -0.2) is 85.4 Å². The maximum absolute atomic E-state index is 15.5. The van der Waals surface area contributed by atoms with Gasteiger partial charge in [-0.3, -0.25) is 4.79 Å². The third-order valence-corrected chi connectivity index (χ3v) is 10.9. The normalized spacial score (nSPS) is 19.2. The highest BCUT2D eigenvalue weighted by atomic mass is 35.5. The van der Waals surface area contributed by atoms with E-state index in [1.54, 1.807) is 49.9 Å². The minimum absolute atomic E-state index is 0.0889. The van der Waals surface area contributed by atoms with Crippen LogP contribution >= 0.6 is 11.6 Å². The molecule has 0 unspecified atom stereocenters. The van der Waals surface area contributed by atoms with Crippen LogP contribution in [0.1, 0.15) is 62.6 Å². The van der Waals surface area contributed by atoms with Gasteiger partial charge in [-0.25, -0.2) is 30.7 Å². The van der Waals surface area contributed by atoms with E-state index in [0.717, 1.165) is 24.5 Å². The van der Waals surface area contributed by atoms with Gasteiger partial charge in [-0.2, -0.15) is 0 Å². The second-order valence-corrected chi connectivity index (χ2v) is 16.9. The number of ether oxygens (including phenoxy) is 2. The average molecular weight is 765 g/mol. The van der Waals surface area contributed by atoms with Gasteiger partial charge in [-0.15, -0.1) is 0 Å². The summed E-state index contributed by atoms with van der Waals surface area (Å²) in [7, 11) is -3.41. The molecular weight excluding hydrogens is 721 g/mol. The van der Waals surface area contributed by atoms with Crippen LogP contribution in [0.4, 0.5) is 23.7 Å². The van der Waals surface area contributed by atoms with E-state index in [4.69, 9.17) is 26.8 Å². The molecule has 10 nitrogen and oxygen atoms in total. The number of benzene rings is 3. The quantitative estimate of drug-likeness (QED) is 0.265. The zero-order chi connectivity index (χ0) is 38.0. The number of anilines is 1. The predicted octanol–water partition coefficient (Wildman–Crippen LogP) is 6.22. The highest BCUT2D eigenvalue weighted by molar-refractivity contribution is 7.88. The SMILES string of the molecule is CC(C)(C)OC(=O)N1C[C@@H](CCc2c(F)cccc2NC(=O)[C@@H](N)[C@@H](c2ccc(Cl)cc2)c2cc(F)cc(F)c2)OC2(CCN(S(C)(=O)=O)CC2)C1. The topological polar surface area (TPSA) is 131 Å². The maximum Gasteiger partial charge on any atom is 0.410 e. The molecule has 0 aromatic heterocycles. The molecule has 0 radical (unpaired) electrons. The van der Waals surface area contributed by atoms with Gasteiger partial charge in [0.05, 0.1) is 37.1 Å². The van der Waals surface area contributed by atoms with Crippen molar-refractivity contribution in [1.29, 1.82) is 0 Å². The van der Waals surface area contributed by atoms with Crippen molar-refractivity contribution in [2.45, 2.75) is 75.7 Å². The summed E-state index contributed by atoms with van der Waals surface area (Å²) in [5.74, 6) is -3.99. The highest BCUT2D eigenvalue weighted by Crippen LogP contribution is 2.36. The van der Waals surface area contributed by atoms with E-state index < -0.39 is 68.7 Å². The van der Waals surface area contributed by atoms with Crippen LogP contribution in [0, 0.1) is 17.5 Å². The number of nitrogens with zero attached hydrogens (tertiary/aromatic N) is 2. The van der Waals surface area contributed by atoms with Crippen molar-refractivity contribution in [3.8, 4) is 0 Å². The Morgan fingerprint density at radius 2 is 1.67 bits per heavy atom. The Labute approximate surface area is 307 Å². The smallest absolute Gasteiger partial charge is 0.410 e. The van der Waals surface area contributed by atoms with Gasteiger partial charge >= 0.3 is 6.09 Å². The van der Waals surface area contributed by atoms with Crippen LogP contribution in [0.3, 0.4) is 0 Å². The lowest BCUT2D eigenvalue weighted by Gasteiger charge is -2.49. The summed E-state index contributed by atoms with van der Waals surface area (Å²) in [6.07, 6.45) is 1.06. The van der Waals surface area contributed by atoms with E-state index >= 15 is 4.39 Å². The van der Waals surface area contributed by atoms with Gasteiger partial charge < -0.3 is 25.4 Å². The Bertz CT molecular complexity index is 1860. The lowest BCUT2D eigenvalue weighted by atomic mass is 9.84. The number of morpholine rings is 1. The molecule has 1 spiro atoms. The molecule has 2 aliphatic rings. The van der Waals surface area contributed by atoms with Crippen LogP contribution in [-0.2, 0) is 30.7 Å². The van der Waals surface area contributed by atoms with Crippen molar-refractivity contribution in [3.63, 3.8) is 0 Å². The second kappa shape index (κ2) is 15.7. The number of halogens is 4. The van der Waals surface area contributed by atoms with E-state index in [9.17, 15) is 26.8 Å². The largest absolute Gasteiger partial charge is 0.444 e. The van der Waals surface area contributed by atoms with Crippen molar-refractivity contribution in [2.75, 3.05) is 37.8 Å². The summed E-state index contributed by atoms with van der Waals surface area (Å²) in [4.78, 5) is 28.6. The van der Waals surface area contributed by atoms with Gasteiger partial charge in [-0.1, -0.05) is 29.8 Å². The number of sulfonamides is 1. The standard InChI is InChI=1S/C37H44ClF3N4O6S/c1-36(2,3)51-35(47)44-21-28(50-37(22-44)14-16-45(17-15-37)52(4,48)49)12-13-29-30(41)6-5-7-31(29)43-34(46)33(42)32(23-8-10-25(38)11-9-23)24-18-26(39)20-27(40)19-24/h5-11,18-20,28,32-33H,12-17,21-22,42H2,1-4H3,(H,43,46)/t28-,32+,33+/m1/s1. The third kappa shape index (κ3) is 9.84. The maximum atomic E-state index is 15.5. The zero-order valence-corrected chi connectivity index (χ0v) is 31.1. The molecule has 0 saturated carbocycles. The molecule has 5 rings (SSSR count). The van der Waals surface area contributed by atoms with E-state index in [1.807, 2.05) is 0 Å². The van der Waals surface area contributed by atoms with Crippen molar-refractivity contribution in [3.05, 3.63) is 99.8 Å². The van der Waals surface area contributed by atoms with Crippen LogP contribution in [0.25, 0.3) is 0 Å². The average Bonchev–Trinajstić information content (AvgIpc) is 3.04. The molecule has 0 bridgehead atoms. The lowest BCUT2D eigenvalue weighted by molar-refractivity contribution is -0.169. The molecule has 2 fully saturated rings.